The van der Waals surface area contributed by atoms with E-state index in [-0.39, 0.29) is 29.2 Å². The zero-order valence-corrected chi connectivity index (χ0v) is 106. The van der Waals surface area contributed by atoms with Crippen molar-refractivity contribution in [2.45, 2.75) is 592 Å². The Balaban J connectivity index is -0.0000000654. The summed E-state index contributed by atoms with van der Waals surface area (Å²) >= 11 is 1.88. The van der Waals surface area contributed by atoms with Crippen LogP contribution in [-0.2, 0) is 61.9 Å². The maximum atomic E-state index is 11.8. The average Bonchev–Trinajstić information content (AvgIpc) is 1.91. The number of likely N-dealkylation sites (tertiary alicyclic amines) is 1. The van der Waals surface area contributed by atoms with Crippen LogP contribution >= 0.6 is 11.8 Å². The molecule has 0 spiro atoms. The third-order valence-electron chi connectivity index (χ3n) is 13.9. The monoisotopic (exact) mass is 2090 g/mol. The molecule has 0 bridgehead atoms. The van der Waals surface area contributed by atoms with Gasteiger partial charge in [-0.3, -0.25) is 0 Å². The van der Waals surface area contributed by atoms with Gasteiger partial charge in [-0.25, -0.2) is 12.8 Å². The van der Waals surface area contributed by atoms with E-state index < -0.39 is 59.5 Å². The van der Waals surface area contributed by atoms with E-state index in [9.17, 15) is 43.5 Å². The second-order valence-corrected chi connectivity index (χ2v) is 46.7. The van der Waals surface area contributed by atoms with E-state index >= 15 is 0 Å². The van der Waals surface area contributed by atoms with E-state index in [1.807, 2.05) is 95.0 Å². The smallest absolute Gasteiger partial charge is 0.382 e. The summed E-state index contributed by atoms with van der Waals surface area (Å²) < 4.78 is 181. The lowest BCUT2D eigenvalue weighted by molar-refractivity contribution is -0.243. The summed E-state index contributed by atoms with van der Waals surface area (Å²) in [6, 6.07) is 0. The van der Waals surface area contributed by atoms with Crippen molar-refractivity contribution in [2.75, 3.05) is 99.8 Å². The van der Waals surface area contributed by atoms with E-state index in [4.69, 9.17) is 41.6 Å². The van der Waals surface area contributed by atoms with Crippen LogP contribution in [0.3, 0.4) is 0 Å². The first-order chi connectivity index (χ1) is 63.1. The summed E-state index contributed by atoms with van der Waals surface area (Å²) in [7, 11) is 5.12. The SMILES string of the molecule is CC(C)C.CC(C)CN.CC(C)CN(C)C.CC(C)CN1CCC1.CC(C)OC(C)(C)C.CC(C)OC(C)(F)F.CC(C)OC(C)(F)F.CC(C)OC(C)C.CC(C)OC(C)C(F)(F)F.CC(C)OC(C)F.CC(C)OC1CC1.CC(C)S(C)(=O)=O.CCC(C)C.CCCC(C)C.CCCCC(C)C.CCCOC(C)C.CCOC(C)C.CNCC(C)C.COC(C)C.CSC(C)C.[2H]C([2H])(C)OC(C)C. The molecule has 0 aromatic heterocycles. The zero-order valence-electron chi connectivity index (χ0n) is 107. The number of hydrogen-bond donors (Lipinski definition) is 2. The summed E-state index contributed by atoms with van der Waals surface area (Å²) in [5.41, 5.74) is 5.19. The Morgan fingerprint density at radius 3 is 0.827 bits per heavy atom. The highest BCUT2D eigenvalue weighted by Crippen LogP contribution is 2.25. The molecule has 0 aromatic carbocycles. The Morgan fingerprint density at radius 2 is 0.791 bits per heavy atom. The van der Waals surface area contributed by atoms with Gasteiger partial charge in [-0.2, -0.15) is 42.5 Å². The highest BCUT2D eigenvalue weighted by molar-refractivity contribution is 7.99. The number of unbranched alkanes of at least 4 members (excludes halogenated alkanes) is 1. The molecule has 872 valence electrons. The number of nitrogens with zero attached hydrogens (tertiary/aromatic N) is 2. The van der Waals surface area contributed by atoms with Gasteiger partial charge >= 0.3 is 18.4 Å². The maximum Gasteiger partial charge on any atom is 0.414 e. The van der Waals surface area contributed by atoms with E-state index in [1.54, 1.807) is 90.2 Å². The van der Waals surface area contributed by atoms with E-state index in [1.165, 1.54) is 104 Å². The Kier molecular flexibility index (Phi) is 160. The first-order valence-electron chi connectivity index (χ1n) is 54.1. The lowest BCUT2D eigenvalue weighted by atomic mass is 10.1. The minimum Gasteiger partial charge on any atom is -0.382 e. The molecule has 0 amide bonds. The highest BCUT2D eigenvalue weighted by Gasteiger charge is 2.37. The molecule has 2 unspecified atom stereocenters. The van der Waals surface area contributed by atoms with Crippen LogP contribution in [0.2, 0.25) is 0 Å². The predicted molar refractivity (Wildman–Crippen MR) is 606 cm³/mol. The number of ether oxygens (including phenoxy) is 11. The van der Waals surface area contributed by atoms with Gasteiger partial charge in [0.15, 0.2) is 12.5 Å². The first-order valence-corrected chi connectivity index (χ1v) is 56.3. The molecule has 139 heavy (non-hydrogen) atoms. The van der Waals surface area contributed by atoms with Gasteiger partial charge in [-0.05, 0) is 367 Å². The van der Waals surface area contributed by atoms with Crippen molar-refractivity contribution < 1.29 is 98.4 Å². The Hall–Kier alpha value is -0.860. The Morgan fingerprint density at radius 1 is 0.460 bits per heavy atom. The number of sulfone groups is 1. The maximum absolute atomic E-state index is 11.8. The predicted octanol–water partition coefficient (Wildman–Crippen LogP) is 34.7. The molecule has 2 aliphatic rings. The lowest BCUT2D eigenvalue weighted by Gasteiger charge is -2.31. The molecule has 2 rings (SSSR count). The van der Waals surface area contributed by atoms with Crippen molar-refractivity contribution in [3.8, 4) is 0 Å². The van der Waals surface area contributed by atoms with Gasteiger partial charge in [0.1, 0.15) is 9.84 Å². The number of methoxy groups -OCH3 is 1. The van der Waals surface area contributed by atoms with Crippen LogP contribution in [0.15, 0.2) is 0 Å². The number of halogens is 8. The summed E-state index contributed by atoms with van der Waals surface area (Å²) in [6.07, 6.45) is 5.77. The van der Waals surface area contributed by atoms with Gasteiger partial charge in [0.05, 0.1) is 92.9 Å². The van der Waals surface area contributed by atoms with Crippen molar-refractivity contribution >= 4 is 21.6 Å². The molecule has 1 heterocycles. The van der Waals surface area contributed by atoms with Gasteiger partial charge in [0.25, 0.3) is 0 Å². The van der Waals surface area contributed by atoms with Crippen LogP contribution < -0.4 is 11.1 Å². The summed E-state index contributed by atoms with van der Waals surface area (Å²) in [5, 5.41) is 3.64. The molecule has 1 aliphatic heterocycles. The highest BCUT2D eigenvalue weighted by atomic mass is 32.2. The van der Waals surface area contributed by atoms with Crippen LogP contribution in [0.4, 0.5) is 35.1 Å². The minimum absolute atomic E-state index is 0.000000000000000222. The van der Waals surface area contributed by atoms with Crippen LogP contribution in [0, 0.1) is 47.3 Å². The van der Waals surface area contributed by atoms with Crippen molar-refractivity contribution in [1.82, 2.24) is 15.1 Å². The van der Waals surface area contributed by atoms with Crippen molar-refractivity contribution in [3.63, 3.8) is 0 Å². The molecular weight excluding hydrogens is 1830 g/mol. The van der Waals surface area contributed by atoms with Crippen LogP contribution in [0.1, 0.15) is 469 Å². The molecule has 3 N–H and O–H groups in total. The molecule has 0 aromatic rings. The second-order valence-electron chi connectivity index (χ2n) is 42.7. The van der Waals surface area contributed by atoms with Crippen molar-refractivity contribution in [1.29, 1.82) is 0 Å². The molecule has 1 saturated carbocycles. The summed E-state index contributed by atoms with van der Waals surface area (Å²) in [4.78, 5) is 4.70. The molecule has 1 aliphatic carbocycles. The van der Waals surface area contributed by atoms with Gasteiger partial charge in [-0.15, -0.1) is 0 Å². The zero-order chi connectivity index (χ0) is 118. The Labute approximate surface area is 875 Å². The number of alkyl halides is 8. The fourth-order valence-corrected chi connectivity index (χ4v) is 7.86. The summed E-state index contributed by atoms with van der Waals surface area (Å²) in [6.45, 7) is 120. The third kappa shape index (κ3) is 330. The summed E-state index contributed by atoms with van der Waals surface area (Å²) in [5.74, 6) is 6.63. The lowest BCUT2D eigenvalue weighted by Crippen LogP contribution is -2.39. The van der Waals surface area contributed by atoms with Gasteiger partial charge in [0.2, 0.25) is 0 Å². The van der Waals surface area contributed by atoms with Gasteiger partial charge < -0.3 is 73.0 Å². The standard InChI is InChI=1S/C7H15N.C7H16O.C7H16.C6H11F3O.C6H15N.C6H12O.2C6H14O.C6H14.2C5H10F2O.C5H11FO.C5H13N.2C5H12O.C5H12.C4H11N.C4H10O2S.C4H10O.C4H10S.C4H10/c1-7(2)6-8-4-3-5-8;1-6(2)8-7(3,4)5;1-4-5-6-7(2)3;1-4(2)10-5(3)6(7,8)9;1-6(2)5-7(3)4;1-5(2)7-6-3-4-6;1-5(2)7-6(3)4;1-4-5-7-6(2)3;1-4-5-6(2)3;2*1-4(2)8-5(3,6)7;1-4(2)7-5(3)6;1-5(2)4-6-3;2*1-4-6-5(2)3;1-4-5(2)3;1-4(2)3-5;1-4(2)7(3,5)6;2*1-4(2)5-3;1-4(2)3/h7H,3-6H2,1-2H3;6H,1-5H3;7H,4-6H2,1-3H3;4-5H,1-3H3;6H,5H2,1-4H3;5-6H,3-4H2,1-2H3;5-6H,1-4H3;6H,4-5H2,1-3H3;6H,4-5H2,1-3H3;2*4H,1-3H3;4-5H,1-3H3;5-6H,4H2,1-3H3;2*5H,4H2,1-3H3;5H,4H2,1-3H3;4H,3,5H2,1-2H3;4H,1-3H3;2*4H,1-3H3;4H,1-3H3/i;;;;;;;;;;;;;4D2;;;;;;;. The number of nitrogens with one attached hydrogen (secondary N) is 1. The fourth-order valence-electron chi connectivity index (χ4n) is 7.86. The van der Waals surface area contributed by atoms with E-state index in [0.29, 0.717) is 54.7 Å². The van der Waals surface area contributed by atoms with Crippen molar-refractivity contribution in [2.24, 2.45) is 53.1 Å². The van der Waals surface area contributed by atoms with Crippen LogP contribution in [-0.4, -0.2) is 244 Å². The van der Waals surface area contributed by atoms with Crippen LogP contribution in [0.25, 0.3) is 0 Å². The molecule has 1 saturated heterocycles. The van der Waals surface area contributed by atoms with Crippen LogP contribution in [0.5, 0.6) is 0 Å². The fraction of sp³-hybridized carbons (Fsp3) is 1.00. The molecule has 0 radical (unpaired) electrons. The molecule has 2 atom stereocenters. The minimum atomic E-state index is -4.23. The Bertz CT molecular complexity index is 2100. The topological polar surface area (TPSA) is 180 Å². The first kappa shape index (κ1) is 177. The molecule has 27 heteroatoms. The second kappa shape index (κ2) is 126. The van der Waals surface area contributed by atoms with Gasteiger partial charge in [-0.1, -0.05) is 198 Å². The molecule has 2 fully saturated rings. The molecule has 17 nitrogen and oxygen atoms in total. The normalized spacial score (nSPS) is 12.9. The largest absolute Gasteiger partial charge is 0.414 e. The number of rotatable bonds is 36. The number of thioether (sulfide) groups is 1. The van der Waals surface area contributed by atoms with E-state index in [2.05, 4.69) is 262 Å². The third-order valence-corrected chi connectivity index (χ3v) is 16.6. The number of hydrogen-bond acceptors (Lipinski definition) is 18. The molecular formula is C112H258F8N4O13S2. The quantitative estimate of drug-likeness (QED) is 0.0565. The van der Waals surface area contributed by atoms with Crippen molar-refractivity contribution in [3.05, 3.63) is 0 Å². The van der Waals surface area contributed by atoms with E-state index in [0.717, 1.165) is 100 Å². The number of nitrogens with two attached hydrogens (primary N) is 1. The average molecular weight is 2090 g/mol. The van der Waals surface area contributed by atoms with Gasteiger partial charge in [0, 0.05) is 53.5 Å².